The van der Waals surface area contributed by atoms with E-state index in [0.29, 0.717) is 11.9 Å². The van der Waals surface area contributed by atoms with Crippen molar-refractivity contribution in [3.8, 4) is 0 Å². The van der Waals surface area contributed by atoms with Crippen LogP contribution in [0.4, 0.5) is 0 Å². The van der Waals surface area contributed by atoms with Crippen LogP contribution in [0.3, 0.4) is 0 Å². The van der Waals surface area contributed by atoms with Crippen molar-refractivity contribution < 1.29 is 9.90 Å². The smallest absolute Gasteiger partial charge is 0.222 e. The fraction of sp³-hybridized carbons (Fsp3) is 0.971. The Morgan fingerprint density at radius 1 is 0.605 bits per heavy atom. The Morgan fingerprint density at radius 2 is 1.03 bits per heavy atom. The third-order valence-electron chi connectivity index (χ3n) is 8.61. The van der Waals surface area contributed by atoms with Gasteiger partial charge in [0.15, 0.2) is 0 Å². The Hall–Kier alpha value is -0.610. The highest BCUT2D eigenvalue weighted by atomic mass is 16.3. The van der Waals surface area contributed by atoms with Gasteiger partial charge in [0.1, 0.15) is 0 Å². The van der Waals surface area contributed by atoms with Crippen molar-refractivity contribution in [1.29, 1.82) is 0 Å². The predicted molar refractivity (Wildman–Crippen MR) is 166 cm³/mol. The standard InChI is InChI=1S/C34H68N2O2/c1-3-5-7-9-11-13-18-22-30-36(31-23-19-14-12-10-8-6-4-2)34(38)24-20-16-15-17-21-29-35-32-25-27-33(37)28-26-32/h32-33,35,37H,3-31H2,1-2H3. The average Bonchev–Trinajstić information content (AvgIpc) is 2.92. The number of nitrogens with one attached hydrogen (secondary N) is 1. The first-order valence-corrected chi connectivity index (χ1v) is 17.4. The average molecular weight is 537 g/mol. The number of carbonyl (C=O) groups is 1. The van der Waals surface area contributed by atoms with Crippen molar-refractivity contribution in [2.45, 2.75) is 193 Å². The predicted octanol–water partition coefficient (Wildman–Crippen LogP) is 9.33. The van der Waals surface area contributed by atoms with Crippen molar-refractivity contribution in [3.63, 3.8) is 0 Å². The summed E-state index contributed by atoms with van der Waals surface area (Å²) in [6.07, 6.45) is 32.1. The minimum atomic E-state index is -0.0627. The second-order valence-corrected chi connectivity index (χ2v) is 12.3. The molecule has 0 bridgehead atoms. The number of hydrogen-bond donors (Lipinski definition) is 2. The lowest BCUT2D eigenvalue weighted by Crippen LogP contribution is -2.35. The van der Waals surface area contributed by atoms with Crippen LogP contribution < -0.4 is 5.32 Å². The van der Waals surface area contributed by atoms with Crippen LogP contribution in [-0.4, -0.2) is 47.7 Å². The maximum absolute atomic E-state index is 13.1. The Kier molecular flexibility index (Phi) is 24.8. The zero-order chi connectivity index (χ0) is 27.5. The minimum Gasteiger partial charge on any atom is -0.393 e. The van der Waals surface area contributed by atoms with Crippen LogP contribution in [0, 0.1) is 0 Å². The second-order valence-electron chi connectivity index (χ2n) is 12.3. The first-order valence-electron chi connectivity index (χ1n) is 17.4. The van der Waals surface area contributed by atoms with Gasteiger partial charge in [-0.1, -0.05) is 123 Å². The molecule has 1 aliphatic rings. The van der Waals surface area contributed by atoms with Crippen LogP contribution in [0.5, 0.6) is 0 Å². The molecule has 1 aliphatic carbocycles. The molecule has 0 aromatic rings. The summed E-state index contributed by atoms with van der Waals surface area (Å²) in [6.45, 7) is 7.62. The van der Waals surface area contributed by atoms with E-state index in [1.807, 2.05) is 0 Å². The van der Waals surface area contributed by atoms with E-state index in [4.69, 9.17) is 0 Å². The zero-order valence-corrected chi connectivity index (χ0v) is 26.0. The first-order chi connectivity index (χ1) is 18.7. The summed E-state index contributed by atoms with van der Waals surface area (Å²) in [7, 11) is 0. The lowest BCUT2D eigenvalue weighted by atomic mass is 9.93. The molecular weight excluding hydrogens is 468 g/mol. The number of aliphatic hydroxyl groups excluding tert-OH is 1. The molecule has 0 aromatic carbocycles. The van der Waals surface area contributed by atoms with Crippen molar-refractivity contribution in [1.82, 2.24) is 10.2 Å². The number of carbonyl (C=O) groups excluding carboxylic acids is 1. The molecule has 0 saturated heterocycles. The first kappa shape index (κ1) is 35.4. The highest BCUT2D eigenvalue weighted by Gasteiger charge is 2.18. The van der Waals surface area contributed by atoms with Gasteiger partial charge in [-0.3, -0.25) is 4.79 Å². The summed E-state index contributed by atoms with van der Waals surface area (Å²) in [6, 6.07) is 0.615. The van der Waals surface area contributed by atoms with Gasteiger partial charge in [-0.2, -0.15) is 0 Å². The second kappa shape index (κ2) is 26.6. The fourth-order valence-corrected chi connectivity index (χ4v) is 5.91. The number of hydrogen-bond acceptors (Lipinski definition) is 3. The van der Waals surface area contributed by atoms with Crippen LogP contribution >= 0.6 is 0 Å². The van der Waals surface area contributed by atoms with Gasteiger partial charge in [-0.15, -0.1) is 0 Å². The molecule has 4 nitrogen and oxygen atoms in total. The molecule has 2 N–H and O–H groups in total. The molecule has 0 unspecified atom stereocenters. The highest BCUT2D eigenvalue weighted by molar-refractivity contribution is 5.76. The molecule has 0 atom stereocenters. The van der Waals surface area contributed by atoms with Crippen LogP contribution in [0.25, 0.3) is 0 Å². The molecule has 0 spiro atoms. The minimum absolute atomic E-state index is 0.0627. The molecule has 1 saturated carbocycles. The monoisotopic (exact) mass is 537 g/mol. The van der Waals surface area contributed by atoms with Gasteiger partial charge in [-0.05, 0) is 57.9 Å². The molecule has 4 heteroatoms. The van der Waals surface area contributed by atoms with E-state index in [2.05, 4.69) is 24.1 Å². The Balaban J connectivity index is 2.15. The highest BCUT2D eigenvalue weighted by Crippen LogP contribution is 2.18. The van der Waals surface area contributed by atoms with Crippen molar-refractivity contribution in [3.05, 3.63) is 0 Å². The van der Waals surface area contributed by atoms with E-state index in [0.717, 1.165) is 58.2 Å². The van der Waals surface area contributed by atoms with Crippen molar-refractivity contribution in [2.75, 3.05) is 19.6 Å². The molecule has 38 heavy (non-hydrogen) atoms. The molecule has 1 amide bonds. The molecule has 0 radical (unpaired) electrons. The Labute approximate surface area is 238 Å². The van der Waals surface area contributed by atoms with Crippen LogP contribution in [0.2, 0.25) is 0 Å². The maximum Gasteiger partial charge on any atom is 0.222 e. The lowest BCUT2D eigenvalue weighted by Gasteiger charge is -2.26. The van der Waals surface area contributed by atoms with E-state index in [1.54, 1.807) is 0 Å². The number of aliphatic hydroxyl groups is 1. The van der Waals surface area contributed by atoms with Gasteiger partial charge in [0, 0.05) is 25.6 Å². The van der Waals surface area contributed by atoms with Crippen molar-refractivity contribution in [2.24, 2.45) is 0 Å². The van der Waals surface area contributed by atoms with Gasteiger partial charge < -0.3 is 15.3 Å². The summed E-state index contributed by atoms with van der Waals surface area (Å²) in [5, 5.41) is 13.3. The van der Waals surface area contributed by atoms with E-state index < -0.39 is 0 Å². The summed E-state index contributed by atoms with van der Waals surface area (Å²) in [5.41, 5.74) is 0. The van der Waals surface area contributed by atoms with E-state index in [1.165, 1.54) is 128 Å². The van der Waals surface area contributed by atoms with Crippen LogP contribution in [-0.2, 0) is 4.79 Å². The third kappa shape index (κ3) is 21.2. The maximum atomic E-state index is 13.1. The molecule has 1 rings (SSSR count). The quantitative estimate of drug-likeness (QED) is 0.103. The fourth-order valence-electron chi connectivity index (χ4n) is 5.91. The summed E-state index contributed by atoms with van der Waals surface area (Å²) >= 11 is 0. The van der Waals surface area contributed by atoms with E-state index in [-0.39, 0.29) is 6.10 Å². The molecule has 0 heterocycles. The largest absolute Gasteiger partial charge is 0.393 e. The third-order valence-corrected chi connectivity index (χ3v) is 8.61. The molecular formula is C34H68N2O2. The molecule has 226 valence electrons. The van der Waals surface area contributed by atoms with Gasteiger partial charge in [0.25, 0.3) is 0 Å². The summed E-state index contributed by atoms with van der Waals surface area (Å²) < 4.78 is 0. The number of nitrogens with zero attached hydrogens (tertiary/aromatic N) is 1. The van der Waals surface area contributed by atoms with E-state index in [9.17, 15) is 9.90 Å². The van der Waals surface area contributed by atoms with Gasteiger partial charge in [-0.25, -0.2) is 0 Å². The molecule has 0 aliphatic heterocycles. The lowest BCUT2D eigenvalue weighted by molar-refractivity contribution is -0.131. The number of unbranched alkanes of at least 4 members (excludes halogenated alkanes) is 18. The van der Waals surface area contributed by atoms with Gasteiger partial charge >= 0.3 is 0 Å². The van der Waals surface area contributed by atoms with Crippen molar-refractivity contribution >= 4 is 5.91 Å². The van der Waals surface area contributed by atoms with E-state index >= 15 is 0 Å². The molecule has 0 aromatic heterocycles. The SMILES string of the molecule is CCCCCCCCCCN(CCCCCCCCCC)C(=O)CCCCCCCNC1CCC(O)CC1. The topological polar surface area (TPSA) is 52.6 Å². The van der Waals surface area contributed by atoms with Crippen LogP contribution in [0.15, 0.2) is 0 Å². The number of rotatable bonds is 27. The van der Waals surface area contributed by atoms with Crippen LogP contribution in [0.1, 0.15) is 181 Å². The Morgan fingerprint density at radius 3 is 1.53 bits per heavy atom. The van der Waals surface area contributed by atoms with Gasteiger partial charge in [0.05, 0.1) is 6.10 Å². The summed E-state index contributed by atoms with van der Waals surface area (Å²) in [5.74, 6) is 0.414. The number of amides is 1. The van der Waals surface area contributed by atoms with Gasteiger partial charge in [0.2, 0.25) is 5.91 Å². The zero-order valence-electron chi connectivity index (χ0n) is 26.0. The summed E-state index contributed by atoms with van der Waals surface area (Å²) in [4.78, 5) is 15.3. The molecule has 1 fully saturated rings. The normalized spacial score (nSPS) is 17.7. The Bertz CT molecular complexity index is 485.